The van der Waals surface area contributed by atoms with E-state index in [1.807, 2.05) is 36.5 Å². The van der Waals surface area contributed by atoms with Gasteiger partial charge in [-0.25, -0.2) is 29.2 Å². The summed E-state index contributed by atoms with van der Waals surface area (Å²) in [6.07, 6.45) is 3.28. The molecule has 4 aromatic rings. The minimum Gasteiger partial charge on any atom is -0.354 e. The molecule has 1 aliphatic heterocycles. The van der Waals surface area contributed by atoms with Crippen molar-refractivity contribution in [2.24, 2.45) is 5.84 Å². The molecule has 9 nitrogen and oxygen atoms in total. The Kier molecular flexibility index (Phi) is 6.05. The highest BCUT2D eigenvalue weighted by Gasteiger charge is 2.28. The molecule has 3 heterocycles. The number of piperazine rings is 1. The van der Waals surface area contributed by atoms with E-state index in [0.717, 1.165) is 27.8 Å². The summed E-state index contributed by atoms with van der Waals surface area (Å²) in [4.78, 5) is 15.4. The molecule has 0 unspecified atom stereocenters. The molecule has 2 aromatic carbocycles. The molecule has 5 rings (SSSR count). The van der Waals surface area contributed by atoms with Crippen molar-refractivity contribution in [1.82, 2.24) is 19.3 Å². The number of benzene rings is 2. The third-order valence-corrected chi connectivity index (χ3v) is 8.03. The lowest BCUT2D eigenvalue weighted by Gasteiger charge is -2.34. The Bertz CT molecular complexity index is 1420. The van der Waals surface area contributed by atoms with Crippen LogP contribution in [0.2, 0.25) is 5.02 Å². The first kappa shape index (κ1) is 22.5. The number of pyridine rings is 1. The van der Waals surface area contributed by atoms with Crippen LogP contribution >= 0.6 is 11.6 Å². The smallest absolute Gasteiger partial charge is 0.243 e. The summed E-state index contributed by atoms with van der Waals surface area (Å²) in [5.74, 6) is 6.94. The number of hydrogen-bond acceptors (Lipinski definition) is 8. The second kappa shape index (κ2) is 9.15. The van der Waals surface area contributed by atoms with Gasteiger partial charge in [-0.1, -0.05) is 17.7 Å². The zero-order chi connectivity index (χ0) is 23.7. The van der Waals surface area contributed by atoms with Crippen LogP contribution in [0.15, 0.2) is 72.0 Å². The van der Waals surface area contributed by atoms with Gasteiger partial charge in [0, 0.05) is 48.3 Å². The number of sulfonamides is 1. The summed E-state index contributed by atoms with van der Waals surface area (Å²) >= 11 is 5.89. The lowest BCUT2D eigenvalue weighted by molar-refractivity contribution is 0.384. The van der Waals surface area contributed by atoms with E-state index in [0.29, 0.717) is 37.0 Å². The van der Waals surface area contributed by atoms with Crippen LogP contribution < -0.4 is 16.2 Å². The minimum atomic E-state index is -3.55. The van der Waals surface area contributed by atoms with Crippen LogP contribution in [0.1, 0.15) is 0 Å². The summed E-state index contributed by atoms with van der Waals surface area (Å²) in [5, 5.41) is 1.33. The van der Waals surface area contributed by atoms with Gasteiger partial charge in [0.25, 0.3) is 0 Å². The number of nitrogen functional groups attached to an aromatic ring is 1. The van der Waals surface area contributed by atoms with Gasteiger partial charge in [-0.05, 0) is 54.1 Å². The van der Waals surface area contributed by atoms with E-state index in [1.165, 1.54) is 22.8 Å². The molecular formula is C23H22ClN7O2S. The SMILES string of the molecule is NNc1ncnc2ccc(-c3ccc(N4CCN(S(=O)(=O)c5ccc(Cl)cc5)CC4)nc3)cc12. The van der Waals surface area contributed by atoms with Gasteiger partial charge in [-0.15, -0.1) is 0 Å². The topological polar surface area (TPSA) is 117 Å². The molecule has 174 valence electrons. The second-order valence-corrected chi connectivity index (χ2v) is 10.2. The predicted molar refractivity (Wildman–Crippen MR) is 133 cm³/mol. The van der Waals surface area contributed by atoms with Crippen LogP contribution in [0.4, 0.5) is 11.6 Å². The molecule has 0 spiro atoms. The van der Waals surface area contributed by atoms with Gasteiger partial charge < -0.3 is 10.3 Å². The summed E-state index contributed by atoms with van der Waals surface area (Å²) < 4.78 is 27.3. The van der Waals surface area contributed by atoms with E-state index in [4.69, 9.17) is 17.4 Å². The van der Waals surface area contributed by atoms with Gasteiger partial charge in [-0.3, -0.25) is 0 Å². The number of nitrogens with zero attached hydrogens (tertiary/aromatic N) is 5. The largest absolute Gasteiger partial charge is 0.354 e. The first-order chi connectivity index (χ1) is 16.5. The third-order valence-electron chi connectivity index (χ3n) is 5.87. The third kappa shape index (κ3) is 4.28. The quantitative estimate of drug-likeness (QED) is 0.320. The van der Waals surface area contributed by atoms with Crippen LogP contribution in [0.25, 0.3) is 22.0 Å². The highest BCUT2D eigenvalue weighted by molar-refractivity contribution is 7.89. The first-order valence-electron chi connectivity index (χ1n) is 10.6. The summed E-state index contributed by atoms with van der Waals surface area (Å²) in [6, 6.07) is 16.1. The van der Waals surface area contributed by atoms with Crippen LogP contribution in [0.5, 0.6) is 0 Å². The van der Waals surface area contributed by atoms with Crippen molar-refractivity contribution >= 4 is 44.2 Å². The lowest BCUT2D eigenvalue weighted by atomic mass is 10.1. The fourth-order valence-electron chi connectivity index (χ4n) is 4.01. The van der Waals surface area contributed by atoms with Crippen LogP contribution in [-0.4, -0.2) is 53.9 Å². The van der Waals surface area contributed by atoms with Crippen molar-refractivity contribution in [3.05, 3.63) is 72.1 Å². The Balaban J connectivity index is 1.30. The highest BCUT2D eigenvalue weighted by Crippen LogP contribution is 2.28. The lowest BCUT2D eigenvalue weighted by Crippen LogP contribution is -2.48. The van der Waals surface area contributed by atoms with Crippen molar-refractivity contribution in [1.29, 1.82) is 0 Å². The Morgan fingerprint density at radius 2 is 1.62 bits per heavy atom. The van der Waals surface area contributed by atoms with E-state index in [2.05, 4.69) is 25.3 Å². The molecular weight excluding hydrogens is 474 g/mol. The van der Waals surface area contributed by atoms with Gasteiger partial charge in [0.05, 0.1) is 10.4 Å². The molecule has 2 aromatic heterocycles. The molecule has 0 aliphatic carbocycles. The van der Waals surface area contributed by atoms with Crippen molar-refractivity contribution < 1.29 is 8.42 Å². The maximum Gasteiger partial charge on any atom is 0.243 e. The predicted octanol–water partition coefficient (Wildman–Crippen LogP) is 3.14. The highest BCUT2D eigenvalue weighted by atomic mass is 35.5. The van der Waals surface area contributed by atoms with E-state index in [1.54, 1.807) is 12.1 Å². The molecule has 34 heavy (non-hydrogen) atoms. The number of nitrogens with two attached hydrogens (primary N) is 1. The van der Waals surface area contributed by atoms with Crippen LogP contribution in [0.3, 0.4) is 0 Å². The maximum atomic E-state index is 12.9. The summed E-state index contributed by atoms with van der Waals surface area (Å²) in [5.41, 5.74) is 5.31. The average molecular weight is 496 g/mol. The number of aromatic nitrogens is 3. The minimum absolute atomic E-state index is 0.251. The Hall–Kier alpha value is -3.31. The fraction of sp³-hybridized carbons (Fsp3) is 0.174. The van der Waals surface area contributed by atoms with Gasteiger partial charge >= 0.3 is 0 Å². The zero-order valence-corrected chi connectivity index (χ0v) is 19.7. The number of nitrogens with one attached hydrogen (secondary N) is 1. The van der Waals surface area contributed by atoms with Gasteiger partial charge in [-0.2, -0.15) is 4.31 Å². The number of hydrazine groups is 1. The van der Waals surface area contributed by atoms with Crippen LogP contribution in [0, 0.1) is 0 Å². The number of halogens is 1. The average Bonchev–Trinajstić information content (AvgIpc) is 2.88. The second-order valence-electron chi connectivity index (χ2n) is 7.85. The summed E-state index contributed by atoms with van der Waals surface area (Å²) in [6.45, 7) is 1.87. The maximum absolute atomic E-state index is 12.9. The van der Waals surface area contributed by atoms with E-state index < -0.39 is 10.0 Å². The Labute approximate surface area is 202 Å². The van der Waals surface area contributed by atoms with Gasteiger partial charge in [0.15, 0.2) is 5.82 Å². The molecule has 1 aliphatic rings. The van der Waals surface area contributed by atoms with E-state index in [-0.39, 0.29) is 4.90 Å². The van der Waals surface area contributed by atoms with Gasteiger partial charge in [0.1, 0.15) is 12.1 Å². The monoisotopic (exact) mass is 495 g/mol. The standard InChI is InChI=1S/C23H22ClN7O2S/c24-18-3-5-19(6-4-18)34(32,33)31-11-9-30(10-12-31)22-8-2-17(14-26-22)16-1-7-21-20(13-16)23(29-25)28-15-27-21/h1-8,13-15H,9-12,25H2,(H,27,28,29). The number of anilines is 2. The number of rotatable bonds is 5. The van der Waals surface area contributed by atoms with Crippen molar-refractivity contribution in [2.75, 3.05) is 36.5 Å². The van der Waals surface area contributed by atoms with Crippen LogP contribution in [-0.2, 0) is 10.0 Å². The fourth-order valence-corrected chi connectivity index (χ4v) is 5.56. The molecule has 0 amide bonds. The van der Waals surface area contributed by atoms with Crippen molar-refractivity contribution in [3.63, 3.8) is 0 Å². The molecule has 3 N–H and O–H groups in total. The number of hydrogen-bond donors (Lipinski definition) is 2. The normalized spacial score (nSPS) is 14.9. The van der Waals surface area contributed by atoms with E-state index >= 15 is 0 Å². The molecule has 11 heteroatoms. The molecule has 0 saturated carbocycles. The molecule has 0 radical (unpaired) electrons. The molecule has 0 atom stereocenters. The zero-order valence-electron chi connectivity index (χ0n) is 18.1. The molecule has 0 bridgehead atoms. The Morgan fingerprint density at radius 1 is 0.882 bits per heavy atom. The van der Waals surface area contributed by atoms with E-state index in [9.17, 15) is 8.42 Å². The first-order valence-corrected chi connectivity index (χ1v) is 12.5. The number of fused-ring (bicyclic) bond motifs is 1. The van der Waals surface area contributed by atoms with Crippen molar-refractivity contribution in [3.8, 4) is 11.1 Å². The summed E-state index contributed by atoms with van der Waals surface area (Å²) in [7, 11) is -3.55. The molecule has 1 saturated heterocycles. The molecule has 1 fully saturated rings. The van der Waals surface area contributed by atoms with Crippen molar-refractivity contribution in [2.45, 2.75) is 4.90 Å². The van der Waals surface area contributed by atoms with Gasteiger partial charge in [0.2, 0.25) is 10.0 Å². The Morgan fingerprint density at radius 3 is 2.29 bits per heavy atom.